The van der Waals surface area contributed by atoms with E-state index < -0.39 is 41.0 Å². The van der Waals surface area contributed by atoms with Gasteiger partial charge in [-0.25, -0.2) is 0 Å². The first-order valence-electron chi connectivity index (χ1n) is 8.85. The van der Waals surface area contributed by atoms with Gasteiger partial charge in [0.25, 0.3) is 0 Å². The van der Waals surface area contributed by atoms with Crippen molar-refractivity contribution in [2.45, 2.75) is 0 Å². The van der Waals surface area contributed by atoms with Crippen LogP contribution in [0.15, 0.2) is 72.8 Å². The molecule has 3 aromatic carbocycles. The van der Waals surface area contributed by atoms with Crippen molar-refractivity contribution in [1.29, 1.82) is 0 Å². The predicted octanol–water partition coefficient (Wildman–Crippen LogP) is 2.29. The zero-order chi connectivity index (χ0) is 22.4. The molecule has 0 spiro atoms. The van der Waals surface area contributed by atoms with Crippen LogP contribution in [-0.4, -0.2) is 41.0 Å². The molecule has 3 rings (SSSR count). The van der Waals surface area contributed by atoms with Gasteiger partial charge in [0.05, 0.1) is 0 Å². The number of hydrogen-bond acceptors (Lipinski definition) is 9. The first-order chi connectivity index (χ1) is 14.8. The van der Waals surface area contributed by atoms with Crippen molar-refractivity contribution in [1.82, 2.24) is 0 Å². The molecule has 0 bridgehead atoms. The Hall–Kier alpha value is -3.65. The van der Waals surface area contributed by atoms with Crippen molar-refractivity contribution in [3.05, 3.63) is 89.5 Å². The van der Waals surface area contributed by atoms with E-state index in [0.717, 1.165) is 0 Å². The van der Waals surface area contributed by atoms with Gasteiger partial charge in [0.2, 0.25) is 0 Å². The number of carbonyl (C=O) groups is 3. The van der Waals surface area contributed by atoms with Crippen LogP contribution in [0.4, 0.5) is 17.1 Å². The Morgan fingerprint density at radius 3 is 0.935 bits per heavy atom. The van der Waals surface area contributed by atoms with Crippen LogP contribution < -0.4 is 17.2 Å². The molecular formula is C21H18BiN3O6. The average Bonchev–Trinajstić information content (AvgIpc) is 2.75. The van der Waals surface area contributed by atoms with Gasteiger partial charge < -0.3 is 0 Å². The molecule has 0 atom stereocenters. The quantitative estimate of drug-likeness (QED) is 0.279. The molecule has 0 heterocycles. The summed E-state index contributed by atoms with van der Waals surface area (Å²) in [6.07, 6.45) is 0. The molecule has 0 aromatic heterocycles. The van der Waals surface area contributed by atoms with Crippen LogP contribution in [0.5, 0.6) is 0 Å². The normalized spacial score (nSPS) is 10.4. The molecule has 0 aliphatic rings. The molecule has 31 heavy (non-hydrogen) atoms. The second-order valence-electron chi connectivity index (χ2n) is 6.23. The number of nitrogens with two attached hydrogens (primary N) is 3. The minimum atomic E-state index is -4.37. The van der Waals surface area contributed by atoms with E-state index in [1.165, 1.54) is 72.8 Å². The molecule has 0 radical (unpaired) electrons. The number of benzene rings is 3. The fourth-order valence-electron chi connectivity index (χ4n) is 2.27. The summed E-state index contributed by atoms with van der Waals surface area (Å²) in [5.41, 5.74) is 18.7. The Labute approximate surface area is 187 Å². The third kappa shape index (κ3) is 6.16. The van der Waals surface area contributed by atoms with Crippen LogP contribution in [0.1, 0.15) is 31.1 Å². The van der Waals surface area contributed by atoms with Crippen molar-refractivity contribution >= 4 is 58.0 Å². The van der Waals surface area contributed by atoms with Crippen LogP contribution in [0.2, 0.25) is 0 Å². The van der Waals surface area contributed by atoms with Gasteiger partial charge in [-0.15, -0.1) is 0 Å². The average molecular weight is 617 g/mol. The minimum absolute atomic E-state index is 0.168. The van der Waals surface area contributed by atoms with Gasteiger partial charge in [-0.2, -0.15) is 0 Å². The van der Waals surface area contributed by atoms with E-state index in [4.69, 9.17) is 25.6 Å². The molecule has 9 nitrogen and oxygen atoms in total. The molecule has 0 saturated carbocycles. The van der Waals surface area contributed by atoms with Crippen LogP contribution in [0, 0.1) is 0 Å². The first kappa shape index (κ1) is 22.0. The molecule has 0 aliphatic heterocycles. The predicted molar refractivity (Wildman–Crippen MR) is 115 cm³/mol. The summed E-state index contributed by atoms with van der Waals surface area (Å²) in [7, 11) is 0. The van der Waals surface area contributed by atoms with Gasteiger partial charge in [0, 0.05) is 0 Å². The molecule has 0 unspecified atom stereocenters. The van der Waals surface area contributed by atoms with E-state index in [2.05, 4.69) is 0 Å². The van der Waals surface area contributed by atoms with Crippen molar-refractivity contribution in [3.63, 3.8) is 0 Å². The van der Waals surface area contributed by atoms with E-state index in [1.807, 2.05) is 0 Å². The summed E-state index contributed by atoms with van der Waals surface area (Å²) in [6.45, 7) is 0. The summed E-state index contributed by atoms with van der Waals surface area (Å²) in [4.78, 5) is 37.4. The van der Waals surface area contributed by atoms with Gasteiger partial charge in [-0.3, -0.25) is 0 Å². The summed E-state index contributed by atoms with van der Waals surface area (Å²) in [5, 5.41) is 0. The Morgan fingerprint density at radius 2 is 0.710 bits per heavy atom. The molecule has 0 saturated heterocycles. The Kier molecular flexibility index (Phi) is 7.04. The van der Waals surface area contributed by atoms with Crippen molar-refractivity contribution in [2.75, 3.05) is 17.2 Å². The van der Waals surface area contributed by atoms with E-state index in [-0.39, 0.29) is 16.7 Å². The number of hydrogen-bond donors (Lipinski definition) is 3. The van der Waals surface area contributed by atoms with E-state index in [0.29, 0.717) is 17.1 Å². The monoisotopic (exact) mass is 617 g/mol. The van der Waals surface area contributed by atoms with E-state index in [1.54, 1.807) is 0 Å². The van der Waals surface area contributed by atoms with Gasteiger partial charge in [0.1, 0.15) is 0 Å². The van der Waals surface area contributed by atoms with Crippen molar-refractivity contribution in [3.8, 4) is 0 Å². The second kappa shape index (κ2) is 9.91. The summed E-state index contributed by atoms with van der Waals surface area (Å²) in [6, 6.07) is 17.8. The molecule has 6 N–H and O–H groups in total. The zero-order valence-corrected chi connectivity index (χ0v) is 19.5. The number of nitrogen functional groups attached to an aromatic ring is 3. The fourth-order valence-corrected chi connectivity index (χ4v) is 5.52. The molecular weight excluding hydrogens is 599 g/mol. The van der Waals surface area contributed by atoms with Gasteiger partial charge in [0.15, 0.2) is 0 Å². The maximum atomic E-state index is 12.5. The molecule has 0 aliphatic carbocycles. The number of anilines is 3. The van der Waals surface area contributed by atoms with Crippen molar-refractivity contribution in [2.24, 2.45) is 0 Å². The number of carbonyl (C=O) groups excluding carboxylic acids is 3. The van der Waals surface area contributed by atoms with Crippen LogP contribution in [-0.2, 0) is 8.44 Å². The first-order valence-corrected chi connectivity index (χ1v) is 13.1. The zero-order valence-electron chi connectivity index (χ0n) is 16.1. The molecule has 0 amide bonds. The maximum absolute atomic E-state index is 12.5. The van der Waals surface area contributed by atoms with Gasteiger partial charge in [-0.05, 0) is 0 Å². The Bertz CT molecular complexity index is 944. The van der Waals surface area contributed by atoms with E-state index in [9.17, 15) is 14.4 Å². The molecule has 3 aromatic rings. The van der Waals surface area contributed by atoms with Crippen LogP contribution in [0.25, 0.3) is 0 Å². The van der Waals surface area contributed by atoms with Gasteiger partial charge >= 0.3 is 188 Å². The molecule has 158 valence electrons. The topological polar surface area (TPSA) is 157 Å². The summed E-state index contributed by atoms with van der Waals surface area (Å²) in [5.74, 6) is -2.39. The van der Waals surface area contributed by atoms with Gasteiger partial charge in [-0.1, -0.05) is 0 Å². The standard InChI is InChI=1S/3C7H7NO2.Bi/c3*8-6-3-1-5(2-4-6)7(9)10;/h3*1-4H,8H2,(H,9,10);/q;;;+3/p-3. The van der Waals surface area contributed by atoms with Crippen LogP contribution >= 0.6 is 0 Å². The Balaban J connectivity index is 1.78. The summed E-state index contributed by atoms with van der Waals surface area (Å²) < 4.78 is 15.9. The SMILES string of the molecule is Nc1ccc(C(=O)[O][Bi]([O]C(=O)c2ccc(N)cc2)[O]C(=O)c2ccc(N)cc2)cc1. The molecule has 10 heteroatoms. The molecule has 0 fully saturated rings. The summed E-state index contributed by atoms with van der Waals surface area (Å²) >= 11 is -4.37. The Morgan fingerprint density at radius 1 is 0.484 bits per heavy atom. The third-order valence-electron chi connectivity index (χ3n) is 3.91. The number of rotatable bonds is 6. The second-order valence-corrected chi connectivity index (χ2v) is 10.1. The fraction of sp³-hybridized carbons (Fsp3) is 0. The van der Waals surface area contributed by atoms with Crippen molar-refractivity contribution < 1.29 is 22.8 Å². The van der Waals surface area contributed by atoms with E-state index >= 15 is 0 Å². The van der Waals surface area contributed by atoms with Crippen LogP contribution in [0.3, 0.4) is 0 Å². The third-order valence-corrected chi connectivity index (χ3v) is 7.58.